The Bertz CT molecular complexity index is 641. The van der Waals surface area contributed by atoms with Crippen LogP contribution in [-0.4, -0.2) is 44.2 Å². The second-order valence-electron chi connectivity index (χ2n) is 4.67. The fraction of sp³-hybridized carbons (Fsp3) is 0.462. The number of sulfone groups is 1. The lowest BCUT2D eigenvalue weighted by Gasteiger charge is -2.23. The van der Waals surface area contributed by atoms with E-state index in [9.17, 15) is 35.2 Å². The second-order valence-corrected chi connectivity index (χ2v) is 6.59. The zero-order valence-electron chi connectivity index (χ0n) is 12.0. The molecule has 1 rings (SSSR count). The fourth-order valence-corrected chi connectivity index (χ4v) is 2.53. The third kappa shape index (κ3) is 5.15. The highest BCUT2D eigenvalue weighted by Gasteiger charge is 2.33. The van der Waals surface area contributed by atoms with Gasteiger partial charge in [0.15, 0.2) is 0 Å². The predicted molar refractivity (Wildman–Crippen MR) is 71.9 cm³/mol. The van der Waals surface area contributed by atoms with Crippen molar-refractivity contribution in [2.45, 2.75) is 30.2 Å². The number of carbonyl (C=O) groups is 1. The summed E-state index contributed by atoms with van der Waals surface area (Å²) in [6, 6.07) is 3.37. The third-order valence-corrected chi connectivity index (χ3v) is 4.21. The van der Waals surface area contributed by atoms with Gasteiger partial charge in [-0.25, -0.2) is 8.42 Å². The van der Waals surface area contributed by atoms with E-state index >= 15 is 0 Å². The molecule has 1 aromatic carbocycles. The Labute approximate surface area is 129 Å². The van der Waals surface area contributed by atoms with Crippen LogP contribution in [0.4, 0.5) is 22.0 Å². The van der Waals surface area contributed by atoms with E-state index in [1.54, 1.807) is 6.92 Å². The molecule has 23 heavy (non-hydrogen) atoms. The van der Waals surface area contributed by atoms with Gasteiger partial charge in [0.2, 0.25) is 9.84 Å². The van der Waals surface area contributed by atoms with E-state index in [4.69, 9.17) is 0 Å². The van der Waals surface area contributed by atoms with Crippen molar-refractivity contribution in [2.75, 3.05) is 13.1 Å². The van der Waals surface area contributed by atoms with E-state index in [2.05, 4.69) is 0 Å². The van der Waals surface area contributed by atoms with E-state index in [0.717, 1.165) is 24.3 Å². The van der Waals surface area contributed by atoms with Crippen LogP contribution >= 0.6 is 0 Å². The molecule has 0 aliphatic rings. The van der Waals surface area contributed by atoms with Crippen LogP contribution in [0.3, 0.4) is 0 Å². The van der Waals surface area contributed by atoms with Crippen molar-refractivity contribution >= 4 is 15.7 Å². The van der Waals surface area contributed by atoms with E-state index in [1.165, 1.54) is 0 Å². The van der Waals surface area contributed by atoms with Crippen LogP contribution in [0.25, 0.3) is 0 Å². The van der Waals surface area contributed by atoms with E-state index in [1.807, 2.05) is 0 Å². The van der Waals surface area contributed by atoms with Crippen molar-refractivity contribution in [1.29, 1.82) is 0 Å². The lowest BCUT2D eigenvalue weighted by atomic mass is 10.2. The molecule has 10 heteroatoms. The summed E-state index contributed by atoms with van der Waals surface area (Å²) in [6.07, 6.45) is -4.29. The summed E-state index contributed by atoms with van der Waals surface area (Å²) < 4.78 is 84.6. The summed E-state index contributed by atoms with van der Waals surface area (Å²) >= 11 is 0. The number of halogens is 5. The van der Waals surface area contributed by atoms with Crippen LogP contribution in [0, 0.1) is 0 Å². The van der Waals surface area contributed by atoms with Gasteiger partial charge in [-0.05, 0) is 30.7 Å². The maximum Gasteiger partial charge on any atom is 0.406 e. The van der Waals surface area contributed by atoms with Gasteiger partial charge in [-0.1, -0.05) is 6.92 Å². The van der Waals surface area contributed by atoms with E-state index < -0.39 is 39.1 Å². The number of nitrogens with zero attached hydrogens (tertiary/aromatic N) is 1. The first-order valence-electron chi connectivity index (χ1n) is 6.47. The molecule has 0 N–H and O–H groups in total. The van der Waals surface area contributed by atoms with Crippen LogP contribution in [0.2, 0.25) is 0 Å². The predicted octanol–water partition coefficient (Wildman–Crippen LogP) is 3.10. The number of rotatable bonds is 6. The Morgan fingerprint density at radius 2 is 1.70 bits per heavy atom. The lowest BCUT2D eigenvalue weighted by Crippen LogP contribution is -2.39. The molecule has 0 fully saturated rings. The average Bonchev–Trinajstić information content (AvgIpc) is 2.44. The minimum absolute atomic E-state index is 0.143. The summed E-state index contributed by atoms with van der Waals surface area (Å²) in [6.45, 7) is 0.00114. The maximum absolute atomic E-state index is 12.5. The summed E-state index contributed by atoms with van der Waals surface area (Å²) in [7, 11) is -4.82. The smallest absolute Gasteiger partial charge is 0.330 e. The molecule has 0 saturated heterocycles. The monoisotopic (exact) mass is 359 g/mol. The molecular formula is C13H14F5NO3S. The van der Waals surface area contributed by atoms with Crippen LogP contribution in [-0.2, 0) is 9.84 Å². The topological polar surface area (TPSA) is 54.5 Å². The molecule has 130 valence electrons. The van der Waals surface area contributed by atoms with Gasteiger partial charge in [0, 0.05) is 12.1 Å². The molecule has 1 amide bonds. The Morgan fingerprint density at radius 3 is 2.09 bits per heavy atom. The molecule has 1 aromatic rings. The SMILES string of the molecule is CCCN(CC(F)(F)F)C(=O)c1ccc(S(=O)(=O)C(F)F)cc1. The molecule has 0 spiro atoms. The molecule has 4 nitrogen and oxygen atoms in total. The van der Waals surface area contributed by atoms with E-state index in [0.29, 0.717) is 11.3 Å². The Morgan fingerprint density at radius 1 is 1.17 bits per heavy atom. The van der Waals surface area contributed by atoms with Gasteiger partial charge in [0.1, 0.15) is 6.54 Å². The van der Waals surface area contributed by atoms with Crippen LogP contribution in [0.1, 0.15) is 23.7 Å². The Balaban J connectivity index is 3.04. The van der Waals surface area contributed by atoms with Crippen molar-refractivity contribution in [3.05, 3.63) is 29.8 Å². The van der Waals surface area contributed by atoms with Crippen molar-refractivity contribution in [2.24, 2.45) is 0 Å². The molecule has 0 unspecified atom stereocenters. The molecule has 0 atom stereocenters. The molecule has 0 saturated carbocycles. The summed E-state index contributed by atoms with van der Waals surface area (Å²) in [5, 5.41) is 0. The first kappa shape index (κ1) is 19.3. The number of hydrogen-bond acceptors (Lipinski definition) is 3. The van der Waals surface area contributed by atoms with E-state index in [-0.39, 0.29) is 12.1 Å². The third-order valence-electron chi connectivity index (χ3n) is 2.82. The van der Waals surface area contributed by atoms with Gasteiger partial charge in [0.05, 0.1) is 4.90 Å². The average molecular weight is 359 g/mol. The van der Waals surface area contributed by atoms with Crippen molar-refractivity contribution in [3.8, 4) is 0 Å². The maximum atomic E-state index is 12.5. The first-order chi connectivity index (χ1) is 10.5. The lowest BCUT2D eigenvalue weighted by molar-refractivity contribution is -0.140. The van der Waals surface area contributed by atoms with Crippen molar-refractivity contribution in [3.63, 3.8) is 0 Å². The van der Waals surface area contributed by atoms with Gasteiger partial charge >= 0.3 is 11.9 Å². The fourth-order valence-electron chi connectivity index (χ4n) is 1.81. The molecule has 0 aliphatic carbocycles. The molecular weight excluding hydrogens is 345 g/mol. The largest absolute Gasteiger partial charge is 0.406 e. The number of benzene rings is 1. The van der Waals surface area contributed by atoms with Crippen LogP contribution < -0.4 is 0 Å². The normalized spacial score (nSPS) is 12.5. The summed E-state index contributed by atoms with van der Waals surface area (Å²) in [4.78, 5) is 11.9. The number of amides is 1. The zero-order valence-corrected chi connectivity index (χ0v) is 12.8. The van der Waals surface area contributed by atoms with Crippen LogP contribution in [0.15, 0.2) is 29.2 Å². The molecule has 0 radical (unpaired) electrons. The quantitative estimate of drug-likeness (QED) is 0.734. The first-order valence-corrected chi connectivity index (χ1v) is 8.02. The summed E-state index contributed by atoms with van der Waals surface area (Å²) in [5.41, 5.74) is -0.212. The minimum atomic E-state index is -4.82. The molecule has 0 aliphatic heterocycles. The van der Waals surface area contributed by atoms with Gasteiger partial charge < -0.3 is 4.90 Å². The molecule has 0 aromatic heterocycles. The highest BCUT2D eigenvalue weighted by Crippen LogP contribution is 2.21. The number of carbonyl (C=O) groups excluding carboxylic acids is 1. The van der Waals surface area contributed by atoms with Crippen molar-refractivity contribution in [1.82, 2.24) is 4.90 Å². The number of alkyl halides is 5. The highest BCUT2D eigenvalue weighted by atomic mass is 32.2. The van der Waals surface area contributed by atoms with Gasteiger partial charge in [-0.2, -0.15) is 22.0 Å². The van der Waals surface area contributed by atoms with Gasteiger partial charge in [-0.3, -0.25) is 4.79 Å². The zero-order chi connectivity index (χ0) is 17.8. The standard InChI is InChI=1S/C13H14F5NO3S/c1-2-7-19(8-13(16,17)18)11(20)9-3-5-10(6-4-9)23(21,22)12(14)15/h3-6,12H,2,7-8H2,1H3. The second kappa shape index (κ2) is 7.24. The minimum Gasteiger partial charge on any atom is -0.330 e. The van der Waals surface area contributed by atoms with Gasteiger partial charge in [-0.15, -0.1) is 0 Å². The Kier molecular flexibility index (Phi) is 6.09. The molecule has 0 heterocycles. The van der Waals surface area contributed by atoms with Crippen molar-refractivity contribution < 1.29 is 35.2 Å². The number of hydrogen-bond donors (Lipinski definition) is 0. The van der Waals surface area contributed by atoms with Crippen LogP contribution in [0.5, 0.6) is 0 Å². The Hall–Kier alpha value is -1.71. The summed E-state index contributed by atoms with van der Waals surface area (Å²) in [5.74, 6) is -4.57. The van der Waals surface area contributed by atoms with Gasteiger partial charge in [0.25, 0.3) is 5.91 Å². The molecule has 0 bridgehead atoms. The highest BCUT2D eigenvalue weighted by molar-refractivity contribution is 7.91.